The molecule has 0 aliphatic rings. The van der Waals surface area contributed by atoms with Crippen LogP contribution in [0.4, 0.5) is 0 Å². The van der Waals surface area contributed by atoms with Gasteiger partial charge in [0, 0.05) is 23.7 Å². The molecule has 1 atom stereocenters. The van der Waals surface area contributed by atoms with Crippen LogP contribution in [0.5, 0.6) is 0 Å². The van der Waals surface area contributed by atoms with E-state index in [4.69, 9.17) is 10.2 Å². The second-order valence-electron chi connectivity index (χ2n) is 2.36. The molecule has 0 aromatic rings. The number of nitrogens with one attached hydrogen (secondary N) is 1. The zero-order valence-corrected chi connectivity index (χ0v) is 7.95. The summed E-state index contributed by atoms with van der Waals surface area (Å²) in [6.07, 6.45) is 1.17. The van der Waals surface area contributed by atoms with Gasteiger partial charge in [-0.1, -0.05) is 6.92 Å². The zero-order valence-electron chi connectivity index (χ0n) is 7.01. The van der Waals surface area contributed by atoms with Gasteiger partial charge >= 0.3 is 5.97 Å². The molecule has 1 radical (unpaired) electrons. The van der Waals surface area contributed by atoms with Crippen molar-refractivity contribution in [1.29, 1.82) is 0 Å². The van der Waals surface area contributed by atoms with Gasteiger partial charge < -0.3 is 15.5 Å². The summed E-state index contributed by atoms with van der Waals surface area (Å²) in [5.74, 6) is -0.896. The molecule has 12 heavy (non-hydrogen) atoms. The Balaban J connectivity index is 0. The first-order valence-electron chi connectivity index (χ1n) is 3.79. The third kappa shape index (κ3) is 6.61. The number of carboxylic acid groups (broad SMARTS) is 1. The van der Waals surface area contributed by atoms with Crippen molar-refractivity contribution in [3.05, 3.63) is 0 Å². The molecule has 0 bridgehead atoms. The Hall–Kier alpha value is -0.0905. The molecule has 0 saturated heterocycles. The van der Waals surface area contributed by atoms with Crippen LogP contribution in [0, 0.1) is 0 Å². The molecule has 0 aliphatic heterocycles. The molecule has 0 amide bonds. The topological polar surface area (TPSA) is 69.6 Å². The third-order valence-corrected chi connectivity index (χ3v) is 1.36. The van der Waals surface area contributed by atoms with E-state index in [1.165, 1.54) is 0 Å². The van der Waals surface area contributed by atoms with E-state index in [0.29, 0.717) is 6.54 Å². The second kappa shape index (κ2) is 9.00. The Kier molecular flexibility index (Phi) is 10.8. The minimum atomic E-state index is -0.896. The quantitative estimate of drug-likeness (QED) is 0.548. The molecule has 0 aromatic carbocycles. The van der Waals surface area contributed by atoms with E-state index in [0.717, 1.165) is 6.42 Å². The maximum Gasteiger partial charge on any atom is 0.320 e. The molecule has 0 saturated carbocycles. The van der Waals surface area contributed by atoms with E-state index >= 15 is 0 Å². The van der Waals surface area contributed by atoms with Crippen LogP contribution in [-0.2, 0) is 21.9 Å². The number of carboxylic acids is 1. The predicted octanol–water partition coefficient (Wildman–Crippen LogP) is -0.181. The zero-order chi connectivity index (χ0) is 8.69. The largest absolute Gasteiger partial charge is 0.480 e. The summed E-state index contributed by atoms with van der Waals surface area (Å²) in [7, 11) is 0. The van der Waals surface area contributed by atoms with E-state index in [-0.39, 0.29) is 30.1 Å². The maximum atomic E-state index is 10.4. The van der Waals surface area contributed by atoms with E-state index in [1.807, 2.05) is 6.92 Å². The van der Waals surface area contributed by atoms with Gasteiger partial charge in [0.05, 0.1) is 0 Å². The molecule has 5 heteroatoms. The van der Waals surface area contributed by atoms with Crippen LogP contribution in [0.25, 0.3) is 0 Å². The Morgan fingerprint density at radius 2 is 2.17 bits per heavy atom. The molecule has 0 spiro atoms. The molecule has 4 nitrogen and oxygen atoms in total. The summed E-state index contributed by atoms with van der Waals surface area (Å²) in [5, 5.41) is 19.8. The number of aliphatic carboxylic acids is 1. The average Bonchev–Trinajstić information content (AvgIpc) is 1.97. The number of hydrogen-bond donors (Lipinski definition) is 3. The molecular weight excluding hydrogens is 210 g/mol. The van der Waals surface area contributed by atoms with Crippen molar-refractivity contribution in [2.45, 2.75) is 25.8 Å². The fraction of sp³-hybridized carbons (Fsp3) is 0.857. The summed E-state index contributed by atoms with van der Waals surface area (Å²) in [6, 6.07) is -0.597. The summed E-state index contributed by atoms with van der Waals surface area (Å²) in [4.78, 5) is 10.4. The van der Waals surface area contributed by atoms with Crippen LogP contribution in [0.15, 0.2) is 0 Å². The Labute approximate surface area is 82.8 Å². The molecular formula is C7H15CuNO3. The third-order valence-electron chi connectivity index (χ3n) is 1.36. The van der Waals surface area contributed by atoms with Gasteiger partial charge in [0.2, 0.25) is 0 Å². The van der Waals surface area contributed by atoms with Gasteiger partial charge in [0.25, 0.3) is 0 Å². The molecule has 0 aromatic heterocycles. The fourth-order valence-electron chi connectivity index (χ4n) is 0.761. The predicted molar refractivity (Wildman–Crippen MR) is 41.4 cm³/mol. The van der Waals surface area contributed by atoms with Gasteiger partial charge in [-0.2, -0.15) is 0 Å². The van der Waals surface area contributed by atoms with Gasteiger partial charge in [-0.15, -0.1) is 0 Å². The summed E-state index contributed by atoms with van der Waals surface area (Å²) in [6.45, 7) is 2.55. The minimum absolute atomic E-state index is 0. The van der Waals surface area contributed by atoms with E-state index in [9.17, 15) is 4.79 Å². The van der Waals surface area contributed by atoms with Crippen LogP contribution in [0.3, 0.4) is 0 Å². The Morgan fingerprint density at radius 3 is 2.50 bits per heavy atom. The van der Waals surface area contributed by atoms with Crippen molar-refractivity contribution in [3.63, 3.8) is 0 Å². The van der Waals surface area contributed by atoms with Crippen molar-refractivity contribution in [1.82, 2.24) is 5.32 Å². The van der Waals surface area contributed by atoms with E-state index in [1.54, 1.807) is 0 Å². The molecule has 0 heterocycles. The van der Waals surface area contributed by atoms with Crippen LogP contribution >= 0.6 is 0 Å². The smallest absolute Gasteiger partial charge is 0.320 e. The van der Waals surface area contributed by atoms with Crippen LogP contribution in [0.2, 0.25) is 0 Å². The monoisotopic (exact) mass is 224 g/mol. The van der Waals surface area contributed by atoms with Crippen molar-refractivity contribution in [2.24, 2.45) is 0 Å². The summed E-state index contributed by atoms with van der Waals surface area (Å²) < 4.78 is 0. The Bertz CT molecular complexity index is 121. The van der Waals surface area contributed by atoms with Gasteiger partial charge in [-0.05, 0) is 19.4 Å². The SMILES string of the molecule is CCCN[C@@H](CCO)C(=O)O.[Cu]. The van der Waals surface area contributed by atoms with Gasteiger partial charge in [0.1, 0.15) is 6.04 Å². The first-order valence-corrected chi connectivity index (χ1v) is 3.79. The first-order chi connectivity index (χ1) is 5.22. The molecule has 77 valence electrons. The first kappa shape index (κ1) is 14.4. The second-order valence-corrected chi connectivity index (χ2v) is 2.36. The molecule has 0 aliphatic carbocycles. The van der Waals surface area contributed by atoms with Crippen molar-refractivity contribution >= 4 is 5.97 Å². The van der Waals surface area contributed by atoms with Crippen molar-refractivity contribution < 1.29 is 32.1 Å². The van der Waals surface area contributed by atoms with Gasteiger partial charge in [-0.3, -0.25) is 4.79 Å². The molecule has 0 unspecified atom stereocenters. The number of aliphatic hydroxyl groups is 1. The van der Waals surface area contributed by atoms with E-state index in [2.05, 4.69) is 5.32 Å². The number of carbonyl (C=O) groups is 1. The average molecular weight is 225 g/mol. The standard InChI is InChI=1S/C7H15NO3.Cu/c1-2-4-8-6(3-5-9)7(10)11;/h6,8-9H,2-5H2,1H3,(H,10,11);/t6-;/m0./s1. The van der Waals surface area contributed by atoms with Gasteiger partial charge in [0.15, 0.2) is 0 Å². The number of hydrogen-bond acceptors (Lipinski definition) is 3. The van der Waals surface area contributed by atoms with E-state index < -0.39 is 12.0 Å². The summed E-state index contributed by atoms with van der Waals surface area (Å²) in [5.41, 5.74) is 0. The molecule has 0 fully saturated rings. The van der Waals surface area contributed by atoms with Gasteiger partial charge in [-0.25, -0.2) is 0 Å². The number of rotatable bonds is 6. The van der Waals surface area contributed by atoms with Crippen LogP contribution in [0.1, 0.15) is 19.8 Å². The van der Waals surface area contributed by atoms with Crippen LogP contribution in [-0.4, -0.2) is 35.4 Å². The maximum absolute atomic E-state index is 10.4. The molecule has 0 rings (SSSR count). The van der Waals surface area contributed by atoms with Crippen molar-refractivity contribution in [2.75, 3.05) is 13.2 Å². The van der Waals surface area contributed by atoms with Crippen molar-refractivity contribution in [3.8, 4) is 0 Å². The minimum Gasteiger partial charge on any atom is -0.480 e. The van der Waals surface area contributed by atoms with Crippen LogP contribution < -0.4 is 5.32 Å². The summed E-state index contributed by atoms with van der Waals surface area (Å²) >= 11 is 0. The molecule has 3 N–H and O–H groups in total. The fourth-order valence-corrected chi connectivity index (χ4v) is 0.761. The normalized spacial score (nSPS) is 11.8. The number of aliphatic hydroxyl groups excluding tert-OH is 1. The Morgan fingerprint density at radius 1 is 1.58 bits per heavy atom.